The topological polar surface area (TPSA) is 24.9 Å². The Balaban J connectivity index is 2.25. The molecule has 0 radical (unpaired) electrons. The lowest BCUT2D eigenvalue weighted by atomic mass is 10.4. The van der Waals surface area contributed by atoms with E-state index in [4.69, 9.17) is 18.0 Å². The van der Waals surface area contributed by atoms with Crippen molar-refractivity contribution in [1.29, 1.82) is 0 Å². The van der Waals surface area contributed by atoms with Crippen LogP contribution in [0.25, 0.3) is 0 Å². The van der Waals surface area contributed by atoms with Crippen LogP contribution in [0.3, 0.4) is 0 Å². The van der Waals surface area contributed by atoms with Gasteiger partial charge in [-0.15, -0.1) is 18.2 Å². The molecule has 1 aromatic rings. The van der Waals surface area contributed by atoms with Gasteiger partial charge < -0.3 is 5.32 Å². The molecular formula is C10H11ClN2S. The number of anilines is 1. The van der Waals surface area contributed by atoms with Gasteiger partial charge in [-0.2, -0.15) is 0 Å². The molecule has 2 nitrogen and oxygen atoms in total. The third-order valence-corrected chi connectivity index (χ3v) is 2.65. The largest absolute Gasteiger partial charge is 0.368 e. The second kappa shape index (κ2) is 6.58. The third-order valence-electron chi connectivity index (χ3n) is 1.48. The van der Waals surface area contributed by atoms with E-state index in [1.165, 1.54) is 0 Å². The molecular weight excluding hydrogens is 216 g/mol. The average Bonchev–Trinajstić information content (AvgIpc) is 2.20. The molecule has 1 rings (SSSR count). The molecule has 0 aliphatic carbocycles. The average molecular weight is 227 g/mol. The molecule has 0 aliphatic rings. The second-order valence-corrected chi connectivity index (χ2v) is 4.03. The molecule has 0 saturated heterocycles. The Morgan fingerprint density at radius 3 is 3.21 bits per heavy atom. The molecule has 1 N–H and O–H groups in total. The first-order valence-corrected chi connectivity index (χ1v) is 5.73. The predicted molar refractivity (Wildman–Crippen MR) is 63.9 cm³/mol. The van der Waals surface area contributed by atoms with Crippen LogP contribution < -0.4 is 5.32 Å². The van der Waals surface area contributed by atoms with Gasteiger partial charge in [-0.3, -0.25) is 0 Å². The maximum atomic E-state index is 5.90. The zero-order valence-corrected chi connectivity index (χ0v) is 9.24. The summed E-state index contributed by atoms with van der Waals surface area (Å²) in [5, 5.41) is 3.79. The van der Waals surface area contributed by atoms with Crippen LogP contribution in [-0.2, 0) is 0 Å². The van der Waals surface area contributed by atoms with Gasteiger partial charge in [0, 0.05) is 18.5 Å². The Morgan fingerprint density at radius 2 is 2.50 bits per heavy atom. The lowest BCUT2D eigenvalue weighted by Gasteiger charge is -2.05. The summed E-state index contributed by atoms with van der Waals surface area (Å²) in [6.45, 7) is 0.822. The lowest BCUT2D eigenvalue weighted by molar-refractivity contribution is 1.17. The summed E-state index contributed by atoms with van der Waals surface area (Å²) in [4.78, 5) is 4.10. The standard InChI is InChI=1S/C10H11ClN2S/c1-2-7-14-8-6-13-10-9(11)4-3-5-12-10/h1,3-5H,6-8H2,(H,12,13). The fraction of sp³-hybridized carbons (Fsp3) is 0.300. The molecule has 1 aromatic heterocycles. The highest BCUT2D eigenvalue weighted by molar-refractivity contribution is 7.99. The van der Waals surface area contributed by atoms with Crippen molar-refractivity contribution >= 4 is 29.2 Å². The highest BCUT2D eigenvalue weighted by Crippen LogP contribution is 2.16. The maximum Gasteiger partial charge on any atom is 0.144 e. The van der Waals surface area contributed by atoms with Crippen molar-refractivity contribution in [1.82, 2.24) is 4.98 Å². The summed E-state index contributed by atoms with van der Waals surface area (Å²) in [5.74, 6) is 5.01. The predicted octanol–water partition coefficient (Wildman–Crippen LogP) is 2.51. The number of aromatic nitrogens is 1. The van der Waals surface area contributed by atoms with E-state index in [1.807, 2.05) is 6.07 Å². The Bertz CT molecular complexity index is 322. The van der Waals surface area contributed by atoms with Gasteiger partial charge in [0.2, 0.25) is 0 Å². The van der Waals surface area contributed by atoms with E-state index in [0.29, 0.717) is 5.02 Å². The summed E-state index contributed by atoms with van der Waals surface area (Å²) in [5.41, 5.74) is 0. The third kappa shape index (κ3) is 3.91. The Morgan fingerprint density at radius 1 is 1.64 bits per heavy atom. The van der Waals surface area contributed by atoms with Crippen molar-refractivity contribution in [3.8, 4) is 12.3 Å². The number of terminal acetylenes is 1. The minimum absolute atomic E-state index is 0.648. The van der Waals surface area contributed by atoms with Crippen LogP contribution in [0.1, 0.15) is 0 Å². The van der Waals surface area contributed by atoms with Crippen molar-refractivity contribution in [2.24, 2.45) is 0 Å². The maximum absolute atomic E-state index is 5.90. The van der Waals surface area contributed by atoms with Crippen molar-refractivity contribution in [2.75, 3.05) is 23.4 Å². The molecule has 0 fully saturated rings. The summed E-state index contributed by atoms with van der Waals surface area (Å²) < 4.78 is 0. The van der Waals surface area contributed by atoms with E-state index in [9.17, 15) is 0 Å². The molecule has 0 aromatic carbocycles. The van der Waals surface area contributed by atoms with Gasteiger partial charge in [0.15, 0.2) is 0 Å². The number of halogens is 1. The summed E-state index contributed by atoms with van der Waals surface area (Å²) in [7, 11) is 0. The quantitative estimate of drug-likeness (QED) is 0.617. The van der Waals surface area contributed by atoms with Crippen molar-refractivity contribution in [3.05, 3.63) is 23.4 Å². The first-order valence-electron chi connectivity index (χ1n) is 4.20. The van der Waals surface area contributed by atoms with E-state index in [0.717, 1.165) is 23.9 Å². The smallest absolute Gasteiger partial charge is 0.144 e. The number of hydrogen-bond acceptors (Lipinski definition) is 3. The second-order valence-electron chi connectivity index (χ2n) is 2.52. The van der Waals surface area contributed by atoms with Gasteiger partial charge in [-0.1, -0.05) is 17.5 Å². The number of hydrogen-bond donors (Lipinski definition) is 1. The monoisotopic (exact) mass is 226 g/mol. The highest BCUT2D eigenvalue weighted by atomic mass is 35.5. The van der Waals surface area contributed by atoms with Crippen LogP contribution in [0.4, 0.5) is 5.82 Å². The van der Waals surface area contributed by atoms with Gasteiger partial charge in [0.25, 0.3) is 0 Å². The molecule has 0 atom stereocenters. The van der Waals surface area contributed by atoms with Gasteiger partial charge in [-0.05, 0) is 12.1 Å². The molecule has 74 valence electrons. The number of rotatable bonds is 5. The number of pyridine rings is 1. The summed E-state index contributed by atoms with van der Waals surface area (Å²) >= 11 is 7.61. The molecule has 14 heavy (non-hydrogen) atoms. The van der Waals surface area contributed by atoms with Gasteiger partial charge in [0.05, 0.1) is 10.8 Å². The van der Waals surface area contributed by atoms with Crippen LogP contribution in [0.15, 0.2) is 18.3 Å². The number of nitrogens with one attached hydrogen (secondary N) is 1. The van der Waals surface area contributed by atoms with E-state index in [-0.39, 0.29) is 0 Å². The summed E-state index contributed by atoms with van der Waals surface area (Å²) in [6, 6.07) is 3.62. The molecule has 0 unspecified atom stereocenters. The minimum Gasteiger partial charge on any atom is -0.368 e. The molecule has 1 heterocycles. The molecule has 0 bridgehead atoms. The van der Waals surface area contributed by atoms with Gasteiger partial charge in [-0.25, -0.2) is 4.98 Å². The molecule has 0 spiro atoms. The normalized spacial score (nSPS) is 9.43. The zero-order valence-electron chi connectivity index (χ0n) is 7.66. The van der Waals surface area contributed by atoms with Crippen molar-refractivity contribution < 1.29 is 0 Å². The van der Waals surface area contributed by atoms with Crippen LogP contribution in [0.5, 0.6) is 0 Å². The highest BCUT2D eigenvalue weighted by Gasteiger charge is 1.97. The fourth-order valence-electron chi connectivity index (χ4n) is 0.888. The van der Waals surface area contributed by atoms with Crippen LogP contribution in [0.2, 0.25) is 5.02 Å². The SMILES string of the molecule is C#CCSCCNc1ncccc1Cl. The van der Waals surface area contributed by atoms with E-state index in [1.54, 1.807) is 24.0 Å². The first kappa shape index (κ1) is 11.2. The molecule has 0 amide bonds. The van der Waals surface area contributed by atoms with E-state index in [2.05, 4.69) is 16.2 Å². The number of nitrogens with zero attached hydrogens (tertiary/aromatic N) is 1. The van der Waals surface area contributed by atoms with Crippen LogP contribution >= 0.6 is 23.4 Å². The van der Waals surface area contributed by atoms with E-state index >= 15 is 0 Å². The summed E-state index contributed by atoms with van der Waals surface area (Å²) in [6.07, 6.45) is 6.83. The van der Waals surface area contributed by atoms with Crippen LogP contribution in [-0.4, -0.2) is 23.0 Å². The minimum atomic E-state index is 0.648. The molecule has 4 heteroatoms. The molecule has 0 aliphatic heterocycles. The van der Waals surface area contributed by atoms with Gasteiger partial charge >= 0.3 is 0 Å². The lowest BCUT2D eigenvalue weighted by Crippen LogP contribution is -2.06. The first-order chi connectivity index (χ1) is 6.84. The van der Waals surface area contributed by atoms with Gasteiger partial charge in [0.1, 0.15) is 5.82 Å². The Kier molecular flexibility index (Phi) is 5.28. The fourth-order valence-corrected chi connectivity index (χ4v) is 1.59. The molecule has 0 saturated carbocycles. The van der Waals surface area contributed by atoms with Crippen molar-refractivity contribution in [3.63, 3.8) is 0 Å². The Hall–Kier alpha value is -0.850. The zero-order chi connectivity index (χ0) is 10.2. The van der Waals surface area contributed by atoms with Crippen LogP contribution in [0, 0.1) is 12.3 Å². The number of thioether (sulfide) groups is 1. The Labute approximate surface area is 93.5 Å². The van der Waals surface area contributed by atoms with E-state index < -0.39 is 0 Å². The van der Waals surface area contributed by atoms with Crippen molar-refractivity contribution in [2.45, 2.75) is 0 Å².